The van der Waals surface area contributed by atoms with Crippen molar-refractivity contribution in [3.8, 4) is 0 Å². The predicted molar refractivity (Wildman–Crippen MR) is 199 cm³/mol. The van der Waals surface area contributed by atoms with Gasteiger partial charge in [0.2, 0.25) is 11.8 Å². The highest BCUT2D eigenvalue weighted by molar-refractivity contribution is 6.24. The Morgan fingerprint density at radius 3 is 2.69 bits per heavy atom. The number of carbonyl (C=O) groups is 5. The van der Waals surface area contributed by atoms with Crippen molar-refractivity contribution in [1.82, 2.24) is 25.2 Å². The Kier molecular flexibility index (Phi) is 11.6. The molecule has 2 aliphatic heterocycles. The van der Waals surface area contributed by atoms with Gasteiger partial charge < -0.3 is 14.8 Å². The van der Waals surface area contributed by atoms with Crippen LogP contribution in [0.2, 0.25) is 0 Å². The van der Waals surface area contributed by atoms with Gasteiger partial charge in [0.15, 0.2) is 5.78 Å². The quantitative estimate of drug-likeness (QED) is 0.0802. The summed E-state index contributed by atoms with van der Waals surface area (Å²) in [5.74, 6) is -2.34. The first-order valence-corrected chi connectivity index (χ1v) is 18.8. The van der Waals surface area contributed by atoms with E-state index in [1.807, 2.05) is 24.3 Å². The molecule has 7 rings (SSSR count). The van der Waals surface area contributed by atoms with Crippen LogP contribution in [0, 0.1) is 0 Å². The number of Topliss-reactive ketones (excluding diaryl/α,β-unsaturated/α-hetero) is 1. The standard InChI is InChI=1S/C41H43FN6O7/c1-24(55-19-18-54-17-3-5-25-4-2-6-30-38(25)41(53)48(40(30)52)35-12-14-37(50)47-39(35)51)32(42)11-13-36(49)31-23-44-29(21-34(31)45-27-9-10-27)20-28-8-7-26-22-43-16-15-33(26)46-28/h2,4,6-8,15-16,21-24,27,32,35H,3,5,9-14,17-20H2,1H3,(H,44,45)(H,47,50,51). The number of benzene rings is 1. The normalized spacial score (nSPS) is 18.0. The lowest BCUT2D eigenvalue weighted by molar-refractivity contribution is -0.136. The number of imide groups is 2. The molecule has 1 saturated carbocycles. The molecular weight excluding hydrogens is 707 g/mol. The lowest BCUT2D eigenvalue weighted by atomic mass is 9.99. The Bertz CT molecular complexity index is 2120. The third kappa shape index (κ3) is 8.92. The molecule has 286 valence electrons. The second kappa shape index (κ2) is 16.9. The van der Waals surface area contributed by atoms with Crippen molar-refractivity contribution in [1.29, 1.82) is 0 Å². The Hall–Kier alpha value is -5.47. The zero-order valence-corrected chi connectivity index (χ0v) is 30.6. The van der Waals surface area contributed by atoms with Crippen molar-refractivity contribution in [3.05, 3.63) is 94.7 Å². The number of ether oxygens (including phenoxy) is 2. The number of nitrogens with zero attached hydrogens (tertiary/aromatic N) is 4. The number of anilines is 1. The highest BCUT2D eigenvalue weighted by Gasteiger charge is 2.45. The van der Waals surface area contributed by atoms with Gasteiger partial charge in [0.25, 0.3) is 11.8 Å². The fourth-order valence-electron chi connectivity index (χ4n) is 6.97. The van der Waals surface area contributed by atoms with E-state index in [2.05, 4.69) is 20.6 Å². The molecule has 0 radical (unpaired) electrons. The minimum Gasteiger partial charge on any atom is -0.382 e. The van der Waals surface area contributed by atoms with Crippen LogP contribution in [0.15, 0.2) is 61.1 Å². The Labute approximate surface area is 317 Å². The highest BCUT2D eigenvalue weighted by atomic mass is 19.1. The fraction of sp³-hybridized carbons (Fsp3) is 0.415. The van der Waals surface area contributed by atoms with E-state index in [9.17, 15) is 24.0 Å². The van der Waals surface area contributed by atoms with E-state index in [-0.39, 0.29) is 55.8 Å². The van der Waals surface area contributed by atoms with Gasteiger partial charge in [-0.05, 0) is 81.3 Å². The summed E-state index contributed by atoms with van der Waals surface area (Å²) < 4.78 is 26.5. The third-order valence-electron chi connectivity index (χ3n) is 10.2. The van der Waals surface area contributed by atoms with E-state index < -0.39 is 41.9 Å². The van der Waals surface area contributed by atoms with Crippen LogP contribution in [0.4, 0.5) is 10.1 Å². The summed E-state index contributed by atoms with van der Waals surface area (Å²) >= 11 is 0. The van der Waals surface area contributed by atoms with Gasteiger partial charge in [-0.25, -0.2) is 4.39 Å². The van der Waals surface area contributed by atoms with E-state index >= 15 is 4.39 Å². The zero-order valence-electron chi connectivity index (χ0n) is 30.6. The lowest BCUT2D eigenvalue weighted by Gasteiger charge is -2.27. The largest absolute Gasteiger partial charge is 0.382 e. The van der Waals surface area contributed by atoms with Gasteiger partial charge in [-0.1, -0.05) is 12.1 Å². The Balaban J connectivity index is 0.833. The monoisotopic (exact) mass is 750 g/mol. The minimum atomic E-state index is -1.36. The first-order chi connectivity index (χ1) is 26.7. The van der Waals surface area contributed by atoms with Gasteiger partial charge in [-0.15, -0.1) is 0 Å². The van der Waals surface area contributed by atoms with Crippen LogP contribution in [-0.4, -0.2) is 93.4 Å². The van der Waals surface area contributed by atoms with Crippen molar-refractivity contribution in [2.75, 3.05) is 25.1 Å². The number of fused-ring (bicyclic) bond motifs is 2. The second-order valence-electron chi connectivity index (χ2n) is 14.2. The first-order valence-electron chi connectivity index (χ1n) is 18.8. The maximum Gasteiger partial charge on any atom is 0.262 e. The second-order valence-corrected chi connectivity index (χ2v) is 14.2. The van der Waals surface area contributed by atoms with E-state index in [0.29, 0.717) is 48.7 Å². The van der Waals surface area contributed by atoms with Gasteiger partial charge in [-0.2, -0.15) is 0 Å². The van der Waals surface area contributed by atoms with Crippen LogP contribution >= 0.6 is 0 Å². The predicted octanol–water partition coefficient (Wildman–Crippen LogP) is 4.95. The summed E-state index contributed by atoms with van der Waals surface area (Å²) in [5.41, 5.74) is 4.85. The molecule has 4 amide bonds. The number of nitrogens with one attached hydrogen (secondary N) is 2. The zero-order chi connectivity index (χ0) is 38.5. The van der Waals surface area contributed by atoms with Crippen LogP contribution < -0.4 is 10.6 Å². The molecule has 3 aliphatic rings. The Morgan fingerprint density at radius 1 is 1.02 bits per heavy atom. The molecule has 4 aromatic rings. The lowest BCUT2D eigenvalue weighted by Crippen LogP contribution is -2.54. The van der Waals surface area contributed by atoms with Gasteiger partial charge >= 0.3 is 0 Å². The first kappa shape index (κ1) is 37.8. The van der Waals surface area contributed by atoms with Gasteiger partial charge in [0, 0.05) is 73.0 Å². The number of aromatic nitrogens is 3. The molecule has 1 saturated heterocycles. The van der Waals surface area contributed by atoms with E-state index in [1.165, 1.54) is 0 Å². The molecule has 3 unspecified atom stereocenters. The third-order valence-corrected chi connectivity index (χ3v) is 10.2. The van der Waals surface area contributed by atoms with E-state index in [4.69, 9.17) is 14.5 Å². The Morgan fingerprint density at radius 2 is 1.87 bits per heavy atom. The van der Waals surface area contributed by atoms with Crippen LogP contribution in [0.3, 0.4) is 0 Å². The molecule has 3 atom stereocenters. The van der Waals surface area contributed by atoms with Crippen LogP contribution in [-0.2, 0) is 31.9 Å². The van der Waals surface area contributed by atoms with Gasteiger partial charge in [0.05, 0.1) is 41.5 Å². The van der Waals surface area contributed by atoms with Crippen LogP contribution in [0.25, 0.3) is 10.9 Å². The van der Waals surface area contributed by atoms with Gasteiger partial charge in [0.1, 0.15) is 12.2 Å². The summed E-state index contributed by atoms with van der Waals surface area (Å²) in [6.45, 7) is 2.36. The summed E-state index contributed by atoms with van der Waals surface area (Å²) in [5, 5.41) is 6.61. The SMILES string of the molecule is CC(OCCOCCCc1cccc2c1C(=O)N(C1CCC(=O)NC1=O)C2=O)C(F)CCC(=O)c1cnc(Cc2ccc3cnccc3n2)cc1NC1CC1. The summed E-state index contributed by atoms with van der Waals surface area (Å²) in [7, 11) is 0. The van der Waals surface area contributed by atoms with Crippen molar-refractivity contribution in [3.63, 3.8) is 0 Å². The number of ketones is 1. The molecule has 55 heavy (non-hydrogen) atoms. The molecule has 1 aliphatic carbocycles. The highest BCUT2D eigenvalue weighted by Crippen LogP contribution is 2.31. The molecule has 2 N–H and O–H groups in total. The number of aryl methyl sites for hydroxylation is 1. The van der Waals surface area contributed by atoms with Gasteiger partial charge in [-0.3, -0.25) is 49.1 Å². The number of amides is 4. The number of hydrogen-bond donors (Lipinski definition) is 2. The summed E-state index contributed by atoms with van der Waals surface area (Å²) in [6, 6.07) is 12.0. The number of piperidine rings is 1. The van der Waals surface area contributed by atoms with Crippen molar-refractivity contribution in [2.45, 2.75) is 89.1 Å². The maximum absolute atomic E-state index is 15.1. The molecule has 2 fully saturated rings. The molecule has 1 aromatic carbocycles. The molecular formula is C41H43FN6O7. The molecule has 0 spiro atoms. The van der Waals surface area contributed by atoms with Crippen molar-refractivity contribution < 1.29 is 37.8 Å². The topological polar surface area (TPSA) is 170 Å². The van der Waals surface area contributed by atoms with E-state index in [0.717, 1.165) is 40.0 Å². The molecule has 14 heteroatoms. The maximum atomic E-state index is 15.1. The van der Waals surface area contributed by atoms with Crippen LogP contribution in [0.5, 0.6) is 0 Å². The average Bonchev–Trinajstić information content (AvgIpc) is 3.96. The number of alkyl halides is 1. The number of rotatable bonds is 18. The average molecular weight is 751 g/mol. The molecule has 5 heterocycles. The number of hydrogen-bond acceptors (Lipinski definition) is 11. The molecule has 13 nitrogen and oxygen atoms in total. The number of pyridine rings is 3. The number of carbonyl (C=O) groups excluding carboxylic acids is 5. The van der Waals surface area contributed by atoms with E-state index in [1.54, 1.807) is 43.7 Å². The van der Waals surface area contributed by atoms with Crippen molar-refractivity contribution >= 4 is 46.0 Å². The smallest absolute Gasteiger partial charge is 0.262 e. The minimum absolute atomic E-state index is 0.00490. The van der Waals surface area contributed by atoms with Crippen molar-refractivity contribution in [2.24, 2.45) is 0 Å². The number of halogens is 1. The molecule has 3 aromatic heterocycles. The molecule has 0 bridgehead atoms. The summed E-state index contributed by atoms with van der Waals surface area (Å²) in [6.07, 6.45) is 6.69. The summed E-state index contributed by atoms with van der Waals surface area (Å²) in [4.78, 5) is 78.0. The van der Waals surface area contributed by atoms with Crippen LogP contribution in [0.1, 0.15) is 99.9 Å². The fourth-order valence-corrected chi connectivity index (χ4v) is 6.97.